The van der Waals surface area contributed by atoms with Crippen molar-refractivity contribution in [3.8, 4) is 22.6 Å². The zero-order chi connectivity index (χ0) is 24.5. The summed E-state index contributed by atoms with van der Waals surface area (Å²) >= 11 is 1.63. The molecule has 176 valence electrons. The third kappa shape index (κ3) is 4.38. The number of hydrogen-bond acceptors (Lipinski definition) is 6. The lowest BCUT2D eigenvalue weighted by Gasteiger charge is -2.11. The van der Waals surface area contributed by atoms with Gasteiger partial charge in [0.05, 0.1) is 35.7 Å². The number of rotatable bonds is 6. The minimum Gasteiger partial charge on any atom is -0.496 e. The monoisotopic (exact) mass is 484 g/mol. The van der Waals surface area contributed by atoms with Crippen molar-refractivity contribution in [2.24, 2.45) is 0 Å². The fraction of sp³-hybridized carbons (Fsp3) is 0.143. The molecule has 6 nitrogen and oxygen atoms in total. The number of furan rings is 1. The van der Waals surface area contributed by atoms with E-state index in [1.165, 1.54) is 0 Å². The van der Waals surface area contributed by atoms with Crippen LogP contribution in [0.15, 0.2) is 71.4 Å². The minimum absolute atomic E-state index is 0.229. The highest BCUT2D eigenvalue weighted by atomic mass is 32.1. The molecule has 0 radical (unpaired) electrons. The summed E-state index contributed by atoms with van der Waals surface area (Å²) in [6, 6.07) is 17.4. The van der Waals surface area contributed by atoms with Crippen LogP contribution in [0.4, 0.5) is 5.69 Å². The number of aryl methyl sites for hydroxylation is 1. The van der Waals surface area contributed by atoms with Gasteiger partial charge < -0.3 is 19.2 Å². The molecule has 3 aromatic carbocycles. The number of amides is 1. The maximum Gasteiger partial charge on any atom is 0.248 e. The summed E-state index contributed by atoms with van der Waals surface area (Å²) in [4.78, 5) is 17.3. The highest BCUT2D eigenvalue weighted by Gasteiger charge is 2.17. The molecule has 1 amide bonds. The van der Waals surface area contributed by atoms with Crippen molar-refractivity contribution < 1.29 is 18.7 Å². The average Bonchev–Trinajstić information content (AvgIpc) is 3.44. The molecule has 0 bridgehead atoms. The number of hydrogen-bond donors (Lipinski definition) is 1. The van der Waals surface area contributed by atoms with E-state index in [1.807, 2.05) is 68.4 Å². The molecule has 5 aromatic rings. The smallest absolute Gasteiger partial charge is 0.248 e. The Labute approximate surface area is 206 Å². The first kappa shape index (κ1) is 22.7. The maximum atomic E-state index is 12.8. The van der Waals surface area contributed by atoms with E-state index in [0.717, 1.165) is 48.6 Å². The quantitative estimate of drug-likeness (QED) is 0.261. The van der Waals surface area contributed by atoms with Gasteiger partial charge in [0, 0.05) is 39.9 Å². The van der Waals surface area contributed by atoms with Gasteiger partial charge in [-0.2, -0.15) is 0 Å². The van der Waals surface area contributed by atoms with Crippen molar-refractivity contribution in [3.05, 3.63) is 77.5 Å². The van der Waals surface area contributed by atoms with Crippen LogP contribution in [0.1, 0.15) is 17.5 Å². The van der Waals surface area contributed by atoms with Crippen LogP contribution in [0.2, 0.25) is 0 Å². The zero-order valence-electron chi connectivity index (χ0n) is 19.8. The molecule has 0 aliphatic heterocycles. The molecule has 0 atom stereocenters. The van der Waals surface area contributed by atoms with Crippen molar-refractivity contribution in [1.82, 2.24) is 4.98 Å². The number of anilines is 1. The fourth-order valence-electron chi connectivity index (χ4n) is 4.18. The van der Waals surface area contributed by atoms with E-state index in [9.17, 15) is 4.79 Å². The summed E-state index contributed by atoms with van der Waals surface area (Å²) in [5, 5.41) is 4.84. The Morgan fingerprint density at radius 2 is 1.83 bits per heavy atom. The largest absolute Gasteiger partial charge is 0.496 e. The second-order valence-electron chi connectivity index (χ2n) is 8.13. The van der Waals surface area contributed by atoms with Gasteiger partial charge in [0.1, 0.15) is 17.1 Å². The maximum absolute atomic E-state index is 12.8. The molecule has 0 unspecified atom stereocenters. The van der Waals surface area contributed by atoms with Gasteiger partial charge in [-0.1, -0.05) is 18.2 Å². The molecule has 2 heterocycles. The summed E-state index contributed by atoms with van der Waals surface area (Å²) in [7, 11) is 3.25. The van der Waals surface area contributed by atoms with E-state index in [-0.39, 0.29) is 5.91 Å². The Balaban J connectivity index is 1.49. The zero-order valence-corrected chi connectivity index (χ0v) is 20.7. The Hall–Kier alpha value is -4.10. The second-order valence-corrected chi connectivity index (χ2v) is 9.37. The first-order valence-corrected chi connectivity index (χ1v) is 11.9. The highest BCUT2D eigenvalue weighted by Crippen LogP contribution is 2.40. The van der Waals surface area contributed by atoms with Gasteiger partial charge in [-0.25, -0.2) is 4.98 Å². The lowest BCUT2D eigenvalue weighted by atomic mass is 9.98. The molecule has 1 N–H and O–H groups in total. The molecule has 0 aliphatic rings. The summed E-state index contributed by atoms with van der Waals surface area (Å²) in [5.74, 6) is 1.15. The van der Waals surface area contributed by atoms with Crippen LogP contribution in [-0.2, 0) is 4.79 Å². The van der Waals surface area contributed by atoms with Gasteiger partial charge in [-0.05, 0) is 49.8 Å². The molecule has 5 rings (SSSR count). The van der Waals surface area contributed by atoms with E-state index in [1.54, 1.807) is 37.9 Å². The van der Waals surface area contributed by atoms with Gasteiger partial charge in [0.2, 0.25) is 5.91 Å². The number of carbonyl (C=O) groups excluding carboxylic acids is 1. The fourth-order valence-corrected chi connectivity index (χ4v) is 4.99. The molecule has 35 heavy (non-hydrogen) atoms. The van der Waals surface area contributed by atoms with Crippen molar-refractivity contribution in [3.63, 3.8) is 0 Å². The normalized spacial score (nSPS) is 11.7. The van der Waals surface area contributed by atoms with Crippen LogP contribution in [-0.4, -0.2) is 25.1 Å². The first-order valence-electron chi connectivity index (χ1n) is 11.1. The topological polar surface area (TPSA) is 73.6 Å². The van der Waals surface area contributed by atoms with Crippen LogP contribution in [0.5, 0.6) is 11.5 Å². The van der Waals surface area contributed by atoms with E-state index < -0.39 is 0 Å². The lowest BCUT2D eigenvalue weighted by Crippen LogP contribution is -2.08. The van der Waals surface area contributed by atoms with Gasteiger partial charge in [0.15, 0.2) is 0 Å². The van der Waals surface area contributed by atoms with Crippen molar-refractivity contribution >= 4 is 49.7 Å². The first-order chi connectivity index (χ1) is 17.0. The van der Waals surface area contributed by atoms with Crippen LogP contribution in [0, 0.1) is 6.92 Å². The number of allylic oxidation sites excluding steroid dienone is 1. The second kappa shape index (κ2) is 9.27. The van der Waals surface area contributed by atoms with Crippen molar-refractivity contribution in [2.75, 3.05) is 19.5 Å². The summed E-state index contributed by atoms with van der Waals surface area (Å²) in [5.41, 5.74) is 5.67. The number of nitrogens with one attached hydrogen (secondary N) is 1. The average molecular weight is 485 g/mol. The Bertz CT molecular complexity index is 1600. The van der Waals surface area contributed by atoms with Gasteiger partial charge in [-0.15, -0.1) is 11.3 Å². The molecule has 0 saturated heterocycles. The number of para-hydroxylation sites is 1. The third-order valence-corrected chi connectivity index (χ3v) is 6.78. The third-order valence-electron chi connectivity index (χ3n) is 5.83. The Morgan fingerprint density at radius 3 is 2.63 bits per heavy atom. The molecule has 2 aromatic heterocycles. The molecule has 0 spiro atoms. The number of methoxy groups -OCH3 is 2. The number of benzene rings is 3. The van der Waals surface area contributed by atoms with Crippen LogP contribution < -0.4 is 14.8 Å². The Kier molecular flexibility index (Phi) is 6.01. The van der Waals surface area contributed by atoms with E-state index in [4.69, 9.17) is 13.9 Å². The van der Waals surface area contributed by atoms with Crippen LogP contribution in [0.3, 0.4) is 0 Å². The molecule has 7 heteroatoms. The summed E-state index contributed by atoms with van der Waals surface area (Å²) in [6.45, 7) is 3.86. The number of nitrogens with zero attached hydrogens (tertiary/aromatic N) is 1. The predicted molar refractivity (Wildman–Crippen MR) is 141 cm³/mol. The van der Waals surface area contributed by atoms with E-state index in [2.05, 4.69) is 10.3 Å². The molecular formula is C28H24N2O4S. The summed E-state index contributed by atoms with van der Waals surface area (Å²) < 4.78 is 18.1. The van der Waals surface area contributed by atoms with Gasteiger partial charge >= 0.3 is 0 Å². The number of carbonyl (C=O) groups is 1. The van der Waals surface area contributed by atoms with Crippen LogP contribution >= 0.6 is 11.3 Å². The van der Waals surface area contributed by atoms with Gasteiger partial charge in [0.25, 0.3) is 0 Å². The molecule has 0 aliphatic carbocycles. The SMILES string of the molecule is COc1cc2occ(-c3ccccc3OC)c2cc1/C(C)=C/C(=O)Nc1ccc2sc(C)nc2c1. The van der Waals surface area contributed by atoms with Crippen molar-refractivity contribution in [2.45, 2.75) is 13.8 Å². The van der Waals surface area contributed by atoms with E-state index >= 15 is 0 Å². The molecule has 0 fully saturated rings. The van der Waals surface area contributed by atoms with Crippen LogP contribution in [0.25, 0.3) is 37.9 Å². The minimum atomic E-state index is -0.229. The molecular weight excluding hydrogens is 460 g/mol. The number of thiazole rings is 1. The standard InChI is InChI=1S/C28H24N2O4S/c1-16(11-28(31)30-18-9-10-27-23(12-18)29-17(2)35-27)20-13-21-22(15-34-26(21)14-25(20)33-4)19-7-5-6-8-24(19)32-3/h5-15H,1-4H3,(H,30,31)/b16-11+. The number of ether oxygens (including phenoxy) is 2. The van der Waals surface area contributed by atoms with Gasteiger partial charge in [-0.3, -0.25) is 4.79 Å². The summed E-state index contributed by atoms with van der Waals surface area (Å²) in [6.07, 6.45) is 3.29. The highest BCUT2D eigenvalue weighted by molar-refractivity contribution is 7.18. The number of aromatic nitrogens is 1. The predicted octanol–water partition coefficient (Wildman–Crippen LogP) is 7.08. The number of fused-ring (bicyclic) bond motifs is 2. The molecule has 0 saturated carbocycles. The Morgan fingerprint density at radius 1 is 1.03 bits per heavy atom. The van der Waals surface area contributed by atoms with Crippen molar-refractivity contribution in [1.29, 1.82) is 0 Å². The lowest BCUT2D eigenvalue weighted by molar-refractivity contribution is -0.111. The van der Waals surface area contributed by atoms with E-state index in [0.29, 0.717) is 17.0 Å².